The number of carbonyl (C=O) groups excluding carboxylic acids is 1. The standard InChI is InChI=1S/C22H28N2O3S/c1-18-11-12-20(28(26,27)24-15-7-2-3-8-16-24)17-21(18)22(25)23-14-13-19-9-5-4-6-10-19/h4-6,9-12,17H,2-3,7-8,13-16H2,1H3,(H,23,25). The van der Waals surface area contributed by atoms with E-state index in [4.69, 9.17) is 0 Å². The minimum atomic E-state index is -3.57. The number of nitrogens with one attached hydrogen (secondary N) is 1. The van der Waals surface area contributed by atoms with Crippen LogP contribution >= 0.6 is 0 Å². The highest BCUT2D eigenvalue weighted by molar-refractivity contribution is 7.89. The van der Waals surface area contributed by atoms with Crippen LogP contribution in [0.3, 0.4) is 0 Å². The molecule has 0 atom stereocenters. The zero-order valence-corrected chi connectivity index (χ0v) is 17.2. The van der Waals surface area contributed by atoms with Gasteiger partial charge in [0.25, 0.3) is 5.91 Å². The molecule has 2 aromatic rings. The number of nitrogens with zero attached hydrogens (tertiary/aromatic N) is 1. The van der Waals surface area contributed by atoms with Crippen LogP contribution in [0, 0.1) is 6.92 Å². The highest BCUT2D eigenvalue weighted by atomic mass is 32.2. The molecule has 3 rings (SSSR count). The molecule has 0 saturated carbocycles. The van der Waals surface area contributed by atoms with E-state index in [1.807, 2.05) is 37.3 Å². The van der Waals surface area contributed by atoms with Crippen molar-refractivity contribution in [2.45, 2.75) is 43.9 Å². The van der Waals surface area contributed by atoms with Crippen LogP contribution in [0.15, 0.2) is 53.4 Å². The van der Waals surface area contributed by atoms with Crippen LogP contribution in [0.4, 0.5) is 0 Å². The van der Waals surface area contributed by atoms with Gasteiger partial charge in [-0.05, 0) is 49.4 Å². The molecule has 6 heteroatoms. The maximum absolute atomic E-state index is 13.0. The first-order chi connectivity index (χ1) is 13.5. The van der Waals surface area contributed by atoms with Crippen molar-refractivity contribution in [1.29, 1.82) is 0 Å². The quantitative estimate of drug-likeness (QED) is 0.807. The van der Waals surface area contributed by atoms with Crippen molar-refractivity contribution < 1.29 is 13.2 Å². The van der Waals surface area contributed by atoms with Crippen LogP contribution in [0.1, 0.15) is 47.2 Å². The summed E-state index contributed by atoms with van der Waals surface area (Å²) < 4.78 is 27.6. The average molecular weight is 401 g/mol. The van der Waals surface area contributed by atoms with E-state index < -0.39 is 10.0 Å². The lowest BCUT2D eigenvalue weighted by Gasteiger charge is -2.20. The molecule has 0 aromatic heterocycles. The number of rotatable bonds is 6. The predicted molar refractivity (Wildman–Crippen MR) is 111 cm³/mol. The van der Waals surface area contributed by atoms with Crippen molar-refractivity contribution in [2.75, 3.05) is 19.6 Å². The molecule has 1 amide bonds. The Kier molecular flexibility index (Phi) is 6.86. The molecule has 1 aliphatic heterocycles. The summed E-state index contributed by atoms with van der Waals surface area (Å²) in [6.07, 6.45) is 4.64. The number of hydrogen-bond donors (Lipinski definition) is 1. The normalized spacial score (nSPS) is 15.8. The highest BCUT2D eigenvalue weighted by Crippen LogP contribution is 2.22. The van der Waals surface area contributed by atoms with Crippen LogP contribution in [0.2, 0.25) is 0 Å². The van der Waals surface area contributed by atoms with Crippen LogP contribution in [0.5, 0.6) is 0 Å². The Morgan fingerprint density at radius 2 is 1.68 bits per heavy atom. The van der Waals surface area contributed by atoms with Crippen molar-refractivity contribution >= 4 is 15.9 Å². The number of carbonyl (C=O) groups is 1. The molecule has 0 aliphatic carbocycles. The van der Waals surface area contributed by atoms with Gasteiger partial charge < -0.3 is 5.32 Å². The van der Waals surface area contributed by atoms with Crippen molar-refractivity contribution in [3.63, 3.8) is 0 Å². The summed E-state index contributed by atoms with van der Waals surface area (Å²) in [5.41, 5.74) is 2.34. The number of sulfonamides is 1. The summed E-state index contributed by atoms with van der Waals surface area (Å²) >= 11 is 0. The van der Waals surface area contributed by atoms with Crippen molar-refractivity contribution in [1.82, 2.24) is 9.62 Å². The molecular formula is C22H28N2O3S. The molecule has 0 radical (unpaired) electrons. The average Bonchev–Trinajstić information content (AvgIpc) is 2.99. The van der Waals surface area contributed by atoms with E-state index in [1.165, 1.54) is 6.07 Å². The van der Waals surface area contributed by atoms with E-state index in [0.29, 0.717) is 25.2 Å². The summed E-state index contributed by atoms with van der Waals surface area (Å²) in [5, 5.41) is 2.91. The molecule has 5 nitrogen and oxygen atoms in total. The summed E-state index contributed by atoms with van der Waals surface area (Å²) in [7, 11) is -3.57. The van der Waals surface area contributed by atoms with Gasteiger partial charge in [0.15, 0.2) is 0 Å². The summed E-state index contributed by atoms with van der Waals surface area (Å²) in [4.78, 5) is 12.8. The van der Waals surface area contributed by atoms with Crippen molar-refractivity contribution in [2.24, 2.45) is 0 Å². The van der Waals surface area contributed by atoms with E-state index in [-0.39, 0.29) is 10.8 Å². The second-order valence-electron chi connectivity index (χ2n) is 7.29. The predicted octanol–water partition coefficient (Wildman–Crippen LogP) is 3.53. The maximum atomic E-state index is 13.0. The fraction of sp³-hybridized carbons (Fsp3) is 0.409. The van der Waals surface area contributed by atoms with Crippen LogP contribution < -0.4 is 5.32 Å². The van der Waals surface area contributed by atoms with Crippen LogP contribution in [0.25, 0.3) is 0 Å². The monoisotopic (exact) mass is 400 g/mol. The van der Waals surface area contributed by atoms with Gasteiger partial charge in [0, 0.05) is 25.2 Å². The van der Waals surface area contributed by atoms with E-state index in [0.717, 1.165) is 43.2 Å². The fourth-order valence-electron chi connectivity index (χ4n) is 3.50. The van der Waals surface area contributed by atoms with E-state index in [1.54, 1.807) is 16.4 Å². The molecule has 1 aliphatic rings. The molecule has 1 N–H and O–H groups in total. The topological polar surface area (TPSA) is 66.5 Å². The lowest BCUT2D eigenvalue weighted by molar-refractivity contribution is 0.0953. The van der Waals surface area contributed by atoms with Gasteiger partial charge in [0.2, 0.25) is 10.0 Å². The Balaban J connectivity index is 1.72. The lowest BCUT2D eigenvalue weighted by atomic mass is 10.1. The Bertz CT molecular complexity index is 903. The van der Waals surface area contributed by atoms with E-state index in [2.05, 4.69) is 5.32 Å². The zero-order chi connectivity index (χ0) is 20.0. The third-order valence-corrected chi connectivity index (χ3v) is 7.09. The first kappa shape index (κ1) is 20.6. The largest absolute Gasteiger partial charge is 0.352 e. The molecule has 2 aromatic carbocycles. The second-order valence-corrected chi connectivity index (χ2v) is 9.22. The molecule has 150 valence electrons. The van der Waals surface area contributed by atoms with E-state index in [9.17, 15) is 13.2 Å². The highest BCUT2D eigenvalue weighted by Gasteiger charge is 2.26. The maximum Gasteiger partial charge on any atom is 0.251 e. The van der Waals surface area contributed by atoms with Gasteiger partial charge in [0.1, 0.15) is 0 Å². The fourth-order valence-corrected chi connectivity index (χ4v) is 5.04. The minimum Gasteiger partial charge on any atom is -0.352 e. The lowest BCUT2D eigenvalue weighted by Crippen LogP contribution is -2.32. The van der Waals surface area contributed by atoms with Gasteiger partial charge in [-0.3, -0.25) is 4.79 Å². The molecule has 1 heterocycles. The second kappa shape index (κ2) is 9.34. The molecule has 0 bridgehead atoms. The number of benzene rings is 2. The van der Waals surface area contributed by atoms with E-state index >= 15 is 0 Å². The molecule has 0 unspecified atom stereocenters. The number of amides is 1. The summed E-state index contributed by atoms with van der Waals surface area (Å²) in [5.74, 6) is -0.235. The first-order valence-corrected chi connectivity index (χ1v) is 11.4. The molecule has 0 spiro atoms. The number of hydrogen-bond acceptors (Lipinski definition) is 3. The SMILES string of the molecule is Cc1ccc(S(=O)(=O)N2CCCCCC2)cc1C(=O)NCCc1ccccc1. The summed E-state index contributed by atoms with van der Waals surface area (Å²) in [6.45, 7) is 3.43. The number of aryl methyl sites for hydroxylation is 1. The molecule has 28 heavy (non-hydrogen) atoms. The van der Waals surface area contributed by atoms with Gasteiger partial charge in [-0.1, -0.05) is 49.2 Å². The summed E-state index contributed by atoms with van der Waals surface area (Å²) in [6, 6.07) is 14.8. The Morgan fingerprint density at radius 1 is 1.00 bits per heavy atom. The Morgan fingerprint density at radius 3 is 2.36 bits per heavy atom. The third kappa shape index (κ3) is 5.00. The minimum absolute atomic E-state index is 0.202. The molecular weight excluding hydrogens is 372 g/mol. The smallest absolute Gasteiger partial charge is 0.251 e. The molecule has 1 fully saturated rings. The van der Waals surface area contributed by atoms with Gasteiger partial charge in [-0.25, -0.2) is 8.42 Å². The van der Waals surface area contributed by atoms with Crippen LogP contribution in [-0.2, 0) is 16.4 Å². The Labute approximate surface area is 167 Å². The zero-order valence-electron chi connectivity index (χ0n) is 16.4. The van der Waals surface area contributed by atoms with Crippen LogP contribution in [-0.4, -0.2) is 38.3 Å². The Hall–Kier alpha value is -2.18. The van der Waals surface area contributed by atoms with Gasteiger partial charge in [-0.15, -0.1) is 0 Å². The van der Waals surface area contributed by atoms with Gasteiger partial charge in [-0.2, -0.15) is 4.31 Å². The molecule has 1 saturated heterocycles. The van der Waals surface area contributed by atoms with Crippen molar-refractivity contribution in [3.05, 3.63) is 65.2 Å². The van der Waals surface area contributed by atoms with Gasteiger partial charge in [0.05, 0.1) is 4.90 Å². The first-order valence-electron chi connectivity index (χ1n) is 9.91. The van der Waals surface area contributed by atoms with Crippen molar-refractivity contribution in [3.8, 4) is 0 Å². The van der Waals surface area contributed by atoms with Gasteiger partial charge >= 0.3 is 0 Å². The third-order valence-electron chi connectivity index (χ3n) is 5.20.